The van der Waals surface area contributed by atoms with E-state index in [4.69, 9.17) is 0 Å². The summed E-state index contributed by atoms with van der Waals surface area (Å²) < 4.78 is 2.93. The lowest BCUT2D eigenvalue weighted by Gasteiger charge is -2.01. The smallest absolute Gasteiger partial charge is 0.135 e. The summed E-state index contributed by atoms with van der Waals surface area (Å²) >= 11 is 3.42. The third-order valence-corrected chi connectivity index (χ3v) is 2.67. The molecule has 0 radical (unpaired) electrons. The molecule has 2 rings (SSSR count). The molecule has 2 aromatic rings. The fraction of sp³-hybridized carbons (Fsp3) is 0.167. The van der Waals surface area contributed by atoms with Gasteiger partial charge in [0.1, 0.15) is 5.78 Å². The number of nitrogens with zero attached hydrogens (tertiary/aromatic N) is 2. The quantitative estimate of drug-likeness (QED) is 0.866. The van der Waals surface area contributed by atoms with Crippen molar-refractivity contribution in [1.29, 1.82) is 0 Å². The average molecular weight is 279 g/mol. The van der Waals surface area contributed by atoms with E-state index in [1.165, 1.54) is 0 Å². The van der Waals surface area contributed by atoms with Crippen molar-refractivity contribution in [1.82, 2.24) is 9.55 Å². The molecule has 0 atom stereocenters. The summed E-state index contributed by atoms with van der Waals surface area (Å²) in [7, 11) is 0. The van der Waals surface area contributed by atoms with E-state index in [2.05, 4.69) is 20.9 Å². The number of ketones is 1. The molecule has 0 saturated carbocycles. The van der Waals surface area contributed by atoms with Crippen LogP contribution < -0.4 is 0 Å². The van der Waals surface area contributed by atoms with Crippen molar-refractivity contribution in [2.75, 3.05) is 0 Å². The molecule has 0 aliphatic rings. The Kier molecular flexibility index (Phi) is 3.19. The highest BCUT2D eigenvalue weighted by Crippen LogP contribution is 2.15. The maximum atomic E-state index is 11.0. The number of carbonyl (C=O) groups is 1. The Morgan fingerprint density at radius 1 is 1.50 bits per heavy atom. The molecule has 0 aliphatic heterocycles. The number of carbonyl (C=O) groups excluding carboxylic acids is 1. The van der Waals surface area contributed by atoms with E-state index < -0.39 is 0 Å². The van der Waals surface area contributed by atoms with Gasteiger partial charge in [0.25, 0.3) is 0 Å². The first-order chi connectivity index (χ1) is 7.65. The second-order valence-electron chi connectivity index (χ2n) is 3.63. The van der Waals surface area contributed by atoms with Crippen molar-refractivity contribution < 1.29 is 4.79 Å². The third kappa shape index (κ3) is 2.58. The monoisotopic (exact) mass is 278 g/mol. The van der Waals surface area contributed by atoms with Gasteiger partial charge in [-0.25, -0.2) is 4.98 Å². The van der Waals surface area contributed by atoms with Gasteiger partial charge in [-0.3, -0.25) is 4.79 Å². The summed E-state index contributed by atoms with van der Waals surface area (Å²) in [6.45, 7) is 1.57. The van der Waals surface area contributed by atoms with Crippen LogP contribution in [0.2, 0.25) is 0 Å². The molecule has 82 valence electrons. The zero-order valence-corrected chi connectivity index (χ0v) is 10.4. The fourth-order valence-electron chi connectivity index (χ4n) is 1.49. The summed E-state index contributed by atoms with van der Waals surface area (Å²) in [5.41, 5.74) is 1.82. The van der Waals surface area contributed by atoms with E-state index >= 15 is 0 Å². The van der Waals surface area contributed by atoms with Gasteiger partial charge in [-0.1, -0.05) is 22.0 Å². The molecule has 1 aromatic carbocycles. The van der Waals surface area contributed by atoms with Crippen molar-refractivity contribution in [3.63, 3.8) is 0 Å². The lowest BCUT2D eigenvalue weighted by molar-refractivity contribution is -0.116. The van der Waals surface area contributed by atoms with E-state index in [1.54, 1.807) is 13.3 Å². The highest BCUT2D eigenvalue weighted by Gasteiger charge is 2.03. The maximum absolute atomic E-state index is 11.0. The van der Waals surface area contributed by atoms with E-state index in [0.717, 1.165) is 15.9 Å². The van der Waals surface area contributed by atoms with Gasteiger partial charge in [-0.05, 0) is 25.1 Å². The summed E-state index contributed by atoms with van der Waals surface area (Å²) in [4.78, 5) is 15.1. The van der Waals surface area contributed by atoms with Crippen LogP contribution in [0.4, 0.5) is 0 Å². The number of aromatic nitrogens is 2. The summed E-state index contributed by atoms with van der Waals surface area (Å²) in [5.74, 6) is 0.125. The van der Waals surface area contributed by atoms with Crippen LogP contribution in [0.1, 0.15) is 12.6 Å². The van der Waals surface area contributed by atoms with Crippen LogP contribution in [-0.4, -0.2) is 15.3 Å². The van der Waals surface area contributed by atoms with Gasteiger partial charge in [0.05, 0.1) is 12.0 Å². The first-order valence-corrected chi connectivity index (χ1v) is 5.73. The molecule has 16 heavy (non-hydrogen) atoms. The number of hydrogen-bond donors (Lipinski definition) is 0. The Morgan fingerprint density at radius 3 is 3.00 bits per heavy atom. The van der Waals surface area contributed by atoms with Gasteiger partial charge in [-0.15, -0.1) is 0 Å². The summed E-state index contributed by atoms with van der Waals surface area (Å²) in [5, 5.41) is 0. The third-order valence-electron chi connectivity index (χ3n) is 2.17. The number of benzene rings is 1. The number of hydrogen-bond acceptors (Lipinski definition) is 2. The minimum absolute atomic E-state index is 0.125. The molecule has 0 N–H and O–H groups in total. The van der Waals surface area contributed by atoms with Crippen LogP contribution in [0.25, 0.3) is 5.69 Å². The van der Waals surface area contributed by atoms with Crippen LogP contribution >= 0.6 is 15.9 Å². The molecule has 3 nitrogen and oxygen atoms in total. The molecule has 0 bridgehead atoms. The van der Waals surface area contributed by atoms with Crippen LogP contribution in [0.5, 0.6) is 0 Å². The Bertz CT molecular complexity index is 519. The second kappa shape index (κ2) is 4.61. The van der Waals surface area contributed by atoms with Crippen LogP contribution in [0.3, 0.4) is 0 Å². The van der Waals surface area contributed by atoms with Crippen LogP contribution in [0, 0.1) is 0 Å². The average Bonchev–Trinajstić information content (AvgIpc) is 2.65. The second-order valence-corrected chi connectivity index (χ2v) is 4.55. The lowest BCUT2D eigenvalue weighted by Crippen LogP contribution is -1.96. The van der Waals surface area contributed by atoms with Crippen molar-refractivity contribution in [3.8, 4) is 5.69 Å². The normalized spacial score (nSPS) is 10.4. The molecule has 0 saturated heterocycles. The molecule has 0 fully saturated rings. The van der Waals surface area contributed by atoms with E-state index in [0.29, 0.717) is 6.42 Å². The fourth-order valence-corrected chi connectivity index (χ4v) is 1.88. The molecule has 4 heteroatoms. The van der Waals surface area contributed by atoms with Crippen molar-refractivity contribution >= 4 is 21.7 Å². The Morgan fingerprint density at radius 2 is 2.31 bits per heavy atom. The van der Waals surface area contributed by atoms with Gasteiger partial charge in [0, 0.05) is 22.8 Å². The minimum Gasteiger partial charge on any atom is -0.306 e. The van der Waals surface area contributed by atoms with E-state index in [9.17, 15) is 4.79 Å². The summed E-state index contributed by atoms with van der Waals surface area (Å²) in [6.07, 6.45) is 3.99. The highest BCUT2D eigenvalue weighted by molar-refractivity contribution is 9.10. The molecule has 1 heterocycles. The topological polar surface area (TPSA) is 34.9 Å². The van der Waals surface area contributed by atoms with Crippen molar-refractivity contribution in [2.45, 2.75) is 13.3 Å². The summed E-state index contributed by atoms with van der Waals surface area (Å²) in [6, 6.07) is 7.92. The van der Waals surface area contributed by atoms with Crippen LogP contribution in [0.15, 0.2) is 41.3 Å². The van der Waals surface area contributed by atoms with E-state index in [1.807, 2.05) is 35.0 Å². The highest BCUT2D eigenvalue weighted by atomic mass is 79.9. The zero-order valence-electron chi connectivity index (χ0n) is 8.85. The first kappa shape index (κ1) is 11.1. The molecular weight excluding hydrogens is 268 g/mol. The number of Topliss-reactive ketones (excluding diaryl/α,β-unsaturated/α-hetero) is 1. The SMILES string of the molecule is CC(=O)Cc1cn(-c2cccc(Br)c2)cn1. The van der Waals surface area contributed by atoms with Gasteiger partial charge in [0.15, 0.2) is 0 Å². The molecule has 0 aliphatic carbocycles. The molecule has 1 aromatic heterocycles. The van der Waals surface area contributed by atoms with Gasteiger partial charge < -0.3 is 4.57 Å². The zero-order chi connectivity index (χ0) is 11.5. The maximum Gasteiger partial charge on any atom is 0.135 e. The first-order valence-electron chi connectivity index (χ1n) is 4.93. The molecule has 0 amide bonds. The standard InChI is InChI=1S/C12H11BrN2O/c1-9(16)5-11-7-15(8-14-11)12-4-2-3-10(13)6-12/h2-4,6-8H,5H2,1H3. The largest absolute Gasteiger partial charge is 0.306 e. The van der Waals surface area contributed by atoms with Crippen molar-refractivity contribution in [2.24, 2.45) is 0 Å². The van der Waals surface area contributed by atoms with Gasteiger partial charge in [0.2, 0.25) is 0 Å². The van der Waals surface area contributed by atoms with Gasteiger partial charge in [-0.2, -0.15) is 0 Å². The number of imidazole rings is 1. The predicted molar refractivity (Wildman–Crippen MR) is 65.6 cm³/mol. The number of rotatable bonds is 3. The van der Waals surface area contributed by atoms with Crippen molar-refractivity contribution in [3.05, 3.63) is 47.0 Å². The van der Waals surface area contributed by atoms with Crippen LogP contribution in [-0.2, 0) is 11.2 Å². The molecule has 0 unspecified atom stereocenters. The minimum atomic E-state index is 0.125. The lowest BCUT2D eigenvalue weighted by atomic mass is 10.2. The Hall–Kier alpha value is -1.42. The van der Waals surface area contributed by atoms with E-state index in [-0.39, 0.29) is 5.78 Å². The number of halogens is 1. The molecule has 0 spiro atoms. The predicted octanol–water partition coefficient (Wildman–Crippen LogP) is 2.77. The Balaban J connectivity index is 2.28. The Labute approximate surface area is 102 Å². The van der Waals surface area contributed by atoms with Gasteiger partial charge >= 0.3 is 0 Å². The molecular formula is C12H11BrN2O.